The van der Waals surface area contributed by atoms with Crippen LogP contribution in [0.5, 0.6) is 11.5 Å². The summed E-state index contributed by atoms with van der Waals surface area (Å²) in [6.45, 7) is 0.246. The summed E-state index contributed by atoms with van der Waals surface area (Å²) in [6.07, 6.45) is 6.80. The first-order chi connectivity index (χ1) is 11.7. The van der Waals surface area contributed by atoms with Gasteiger partial charge >= 0.3 is 0 Å². The average Bonchev–Trinajstić information content (AvgIpc) is 2.61. The van der Waals surface area contributed by atoms with Crippen LogP contribution in [0.3, 0.4) is 0 Å². The Labute approximate surface area is 139 Å². The fourth-order valence-electron chi connectivity index (χ4n) is 3.00. The molecule has 1 aliphatic rings. The van der Waals surface area contributed by atoms with Gasteiger partial charge in [-0.05, 0) is 42.9 Å². The molecule has 0 aliphatic heterocycles. The first-order valence-electron chi connectivity index (χ1n) is 7.91. The minimum atomic E-state index is -0.237. The van der Waals surface area contributed by atoms with E-state index in [0.717, 1.165) is 36.8 Å². The number of carbonyl (C=O) groups excluding carboxylic acids is 1. The lowest BCUT2D eigenvalue weighted by Crippen LogP contribution is -2.10. The quantitative estimate of drug-likeness (QED) is 0.838. The van der Waals surface area contributed by atoms with Crippen LogP contribution in [0.4, 0.5) is 4.39 Å². The highest BCUT2D eigenvalue weighted by atomic mass is 19.1. The number of carbonyl (C=O) groups is 1. The molecule has 1 heterocycles. The third-order valence-corrected chi connectivity index (χ3v) is 4.23. The molecule has 5 heteroatoms. The Morgan fingerprint density at radius 1 is 1.21 bits per heavy atom. The van der Waals surface area contributed by atoms with Gasteiger partial charge in [-0.3, -0.25) is 9.78 Å². The third-order valence-electron chi connectivity index (χ3n) is 4.23. The summed E-state index contributed by atoms with van der Waals surface area (Å²) in [7, 11) is 0. The molecule has 1 aromatic carbocycles. The fourth-order valence-corrected chi connectivity index (χ4v) is 3.00. The molecule has 0 radical (unpaired) electrons. The van der Waals surface area contributed by atoms with Crippen molar-refractivity contribution in [1.29, 1.82) is 0 Å². The van der Waals surface area contributed by atoms with E-state index in [9.17, 15) is 14.3 Å². The molecule has 0 fully saturated rings. The van der Waals surface area contributed by atoms with Gasteiger partial charge in [0, 0.05) is 5.56 Å². The van der Waals surface area contributed by atoms with Gasteiger partial charge in [-0.2, -0.15) is 0 Å². The predicted molar refractivity (Wildman–Crippen MR) is 88.6 cm³/mol. The van der Waals surface area contributed by atoms with E-state index in [2.05, 4.69) is 4.98 Å². The summed E-state index contributed by atoms with van der Waals surface area (Å²) in [5.74, 6) is -0.218. The fraction of sp³-hybridized carbons (Fsp3) is 0.263. The van der Waals surface area contributed by atoms with E-state index >= 15 is 0 Å². The number of aromatic nitrogens is 1. The molecule has 24 heavy (non-hydrogen) atoms. The number of allylic oxidation sites excluding steroid dienone is 1. The van der Waals surface area contributed by atoms with Crippen molar-refractivity contribution < 1.29 is 19.0 Å². The van der Waals surface area contributed by atoms with E-state index in [1.165, 1.54) is 18.5 Å². The zero-order chi connectivity index (χ0) is 16.9. The molecule has 0 spiro atoms. The zero-order valence-electron chi connectivity index (χ0n) is 13.2. The molecule has 1 aliphatic carbocycles. The Morgan fingerprint density at radius 3 is 2.79 bits per heavy atom. The van der Waals surface area contributed by atoms with Crippen molar-refractivity contribution in [3.63, 3.8) is 0 Å². The lowest BCUT2D eigenvalue weighted by atomic mass is 9.87. The minimum absolute atomic E-state index is 0.0776. The second kappa shape index (κ2) is 7.25. The second-order valence-corrected chi connectivity index (χ2v) is 5.75. The number of nitrogens with zero attached hydrogens (tertiary/aromatic N) is 1. The molecule has 2 aromatic rings. The maximum absolute atomic E-state index is 14.1. The van der Waals surface area contributed by atoms with Crippen molar-refractivity contribution in [3.05, 3.63) is 59.2 Å². The van der Waals surface area contributed by atoms with E-state index in [4.69, 9.17) is 4.74 Å². The standard InChI is InChI=1S/C19H18FNO3/c20-17-8-4-3-7-15(17)14-6-2-1-5-13(14)12-24-19-10-21-9-18(23)16(19)11-22/h3-4,7-11,23H,1-2,5-6,12H2. The van der Waals surface area contributed by atoms with Gasteiger partial charge in [0.05, 0.1) is 12.4 Å². The Morgan fingerprint density at radius 2 is 2.00 bits per heavy atom. The Balaban J connectivity index is 1.88. The van der Waals surface area contributed by atoms with Crippen LogP contribution in [0.1, 0.15) is 41.6 Å². The third kappa shape index (κ3) is 3.30. The van der Waals surface area contributed by atoms with Gasteiger partial charge in [-0.15, -0.1) is 0 Å². The first kappa shape index (κ1) is 16.2. The van der Waals surface area contributed by atoms with Crippen LogP contribution < -0.4 is 4.74 Å². The molecule has 1 N–H and O–H groups in total. The van der Waals surface area contributed by atoms with E-state index in [0.29, 0.717) is 11.8 Å². The van der Waals surface area contributed by atoms with Crippen LogP contribution >= 0.6 is 0 Å². The van der Waals surface area contributed by atoms with E-state index in [-0.39, 0.29) is 29.5 Å². The van der Waals surface area contributed by atoms with Crippen LogP contribution in [0.15, 0.2) is 42.2 Å². The maximum Gasteiger partial charge on any atom is 0.157 e. The number of pyridine rings is 1. The summed E-state index contributed by atoms with van der Waals surface area (Å²) >= 11 is 0. The van der Waals surface area contributed by atoms with Crippen molar-refractivity contribution >= 4 is 11.9 Å². The van der Waals surface area contributed by atoms with Crippen molar-refractivity contribution in [2.24, 2.45) is 0 Å². The monoisotopic (exact) mass is 327 g/mol. The zero-order valence-corrected chi connectivity index (χ0v) is 13.2. The summed E-state index contributed by atoms with van der Waals surface area (Å²) in [5, 5.41) is 9.66. The van der Waals surface area contributed by atoms with Crippen LogP contribution in [-0.4, -0.2) is 23.0 Å². The van der Waals surface area contributed by atoms with E-state index in [1.54, 1.807) is 12.1 Å². The number of rotatable bonds is 5. The molecule has 4 nitrogen and oxygen atoms in total. The SMILES string of the molecule is O=Cc1c(O)cncc1OCC1=C(c2ccccc2F)CCCC1. The number of aldehydes is 1. The van der Waals surface area contributed by atoms with Gasteiger partial charge in [0.15, 0.2) is 12.0 Å². The molecular formula is C19H18FNO3. The van der Waals surface area contributed by atoms with Crippen LogP contribution in [-0.2, 0) is 0 Å². The van der Waals surface area contributed by atoms with E-state index in [1.807, 2.05) is 6.07 Å². The number of halogens is 1. The Bertz CT molecular complexity index is 786. The Kier molecular flexibility index (Phi) is 4.89. The predicted octanol–water partition coefficient (Wildman–Crippen LogP) is 4.15. The topological polar surface area (TPSA) is 59.4 Å². The Hall–Kier alpha value is -2.69. The van der Waals surface area contributed by atoms with Gasteiger partial charge in [0.1, 0.15) is 23.7 Å². The lowest BCUT2D eigenvalue weighted by molar-refractivity contribution is 0.111. The molecule has 0 atom stereocenters. The average molecular weight is 327 g/mol. The van der Waals surface area contributed by atoms with Gasteiger partial charge < -0.3 is 9.84 Å². The summed E-state index contributed by atoms with van der Waals surface area (Å²) in [4.78, 5) is 14.9. The van der Waals surface area contributed by atoms with Gasteiger partial charge in [0.25, 0.3) is 0 Å². The highest BCUT2D eigenvalue weighted by molar-refractivity contribution is 5.82. The molecule has 0 amide bonds. The van der Waals surface area contributed by atoms with Crippen molar-refractivity contribution in [2.75, 3.05) is 6.61 Å². The number of ether oxygens (including phenoxy) is 1. The molecule has 0 bridgehead atoms. The van der Waals surface area contributed by atoms with Gasteiger partial charge in [-0.1, -0.05) is 18.2 Å². The van der Waals surface area contributed by atoms with Crippen LogP contribution in [0, 0.1) is 5.82 Å². The summed E-state index contributed by atoms with van der Waals surface area (Å²) < 4.78 is 19.8. The first-order valence-corrected chi connectivity index (χ1v) is 7.91. The molecular weight excluding hydrogens is 309 g/mol. The molecule has 0 saturated heterocycles. The molecule has 3 rings (SSSR count). The minimum Gasteiger partial charge on any atom is -0.505 e. The van der Waals surface area contributed by atoms with Gasteiger partial charge in [-0.25, -0.2) is 4.39 Å². The van der Waals surface area contributed by atoms with E-state index < -0.39 is 0 Å². The summed E-state index contributed by atoms with van der Waals surface area (Å²) in [5.41, 5.74) is 2.68. The second-order valence-electron chi connectivity index (χ2n) is 5.75. The molecule has 0 unspecified atom stereocenters. The highest BCUT2D eigenvalue weighted by Gasteiger charge is 2.18. The largest absolute Gasteiger partial charge is 0.505 e. The van der Waals surface area contributed by atoms with Crippen molar-refractivity contribution in [1.82, 2.24) is 4.98 Å². The maximum atomic E-state index is 14.1. The van der Waals surface area contributed by atoms with Gasteiger partial charge in [0.2, 0.25) is 0 Å². The smallest absolute Gasteiger partial charge is 0.157 e. The highest BCUT2D eigenvalue weighted by Crippen LogP contribution is 2.34. The number of benzene rings is 1. The van der Waals surface area contributed by atoms with Crippen molar-refractivity contribution in [3.8, 4) is 11.5 Å². The normalized spacial score (nSPS) is 14.5. The number of aromatic hydroxyl groups is 1. The lowest BCUT2D eigenvalue weighted by Gasteiger charge is -2.21. The number of hydrogen-bond donors (Lipinski definition) is 1. The molecule has 124 valence electrons. The van der Waals surface area contributed by atoms with Crippen molar-refractivity contribution in [2.45, 2.75) is 25.7 Å². The van der Waals surface area contributed by atoms with Crippen LogP contribution in [0.25, 0.3) is 5.57 Å². The number of hydrogen-bond acceptors (Lipinski definition) is 4. The molecule has 0 saturated carbocycles. The summed E-state index contributed by atoms with van der Waals surface area (Å²) in [6, 6.07) is 6.73. The van der Waals surface area contributed by atoms with Crippen LogP contribution in [0.2, 0.25) is 0 Å². The molecule has 1 aromatic heterocycles.